The second-order valence-corrected chi connectivity index (χ2v) is 8.46. The number of aliphatic hydroxyl groups is 2. The Morgan fingerprint density at radius 3 is 2.29 bits per heavy atom. The Bertz CT molecular complexity index is 1010. The minimum absolute atomic E-state index is 0.103. The molecular formula is C24H27F2N3O5. The molecule has 2 amide bonds. The highest BCUT2D eigenvalue weighted by Crippen LogP contribution is 2.25. The van der Waals surface area contributed by atoms with E-state index in [9.17, 15) is 28.6 Å². The Hall–Kier alpha value is -3.08. The predicted octanol–water partition coefficient (Wildman–Crippen LogP) is 0.923. The van der Waals surface area contributed by atoms with E-state index in [1.807, 2.05) is 0 Å². The lowest BCUT2D eigenvalue weighted by Gasteiger charge is -2.36. The highest BCUT2D eigenvalue weighted by Gasteiger charge is 2.44. The van der Waals surface area contributed by atoms with Crippen molar-refractivity contribution in [3.8, 4) is 0 Å². The minimum Gasteiger partial charge on any atom is -0.388 e. The minimum atomic E-state index is -1.28. The van der Waals surface area contributed by atoms with E-state index in [2.05, 4.69) is 10.2 Å². The highest BCUT2D eigenvalue weighted by atomic mass is 19.1. The van der Waals surface area contributed by atoms with E-state index in [0.29, 0.717) is 26.2 Å². The first-order valence-electron chi connectivity index (χ1n) is 11.2. The van der Waals surface area contributed by atoms with Crippen molar-refractivity contribution < 1.29 is 33.3 Å². The van der Waals surface area contributed by atoms with Crippen LogP contribution in [-0.2, 0) is 9.53 Å². The van der Waals surface area contributed by atoms with Gasteiger partial charge in [-0.25, -0.2) is 8.78 Å². The van der Waals surface area contributed by atoms with Crippen LogP contribution in [0.4, 0.5) is 14.5 Å². The SMILES string of the molecule is O=C(NCC1OC(CC(=O)N2CCN(c3ccc(F)cc3)CC2)C(O)C1O)c1cccc(F)c1. The number of nitrogens with zero attached hydrogens (tertiary/aromatic N) is 2. The number of carbonyl (C=O) groups excluding carboxylic acids is 2. The molecule has 3 N–H and O–H groups in total. The summed E-state index contributed by atoms with van der Waals surface area (Å²) in [6.07, 6.45) is -4.47. The number of hydrogen-bond acceptors (Lipinski definition) is 6. The molecule has 182 valence electrons. The van der Waals surface area contributed by atoms with Crippen LogP contribution in [0.1, 0.15) is 16.8 Å². The smallest absolute Gasteiger partial charge is 0.251 e. The molecule has 2 aliphatic heterocycles. The zero-order chi connectivity index (χ0) is 24.2. The van der Waals surface area contributed by atoms with Crippen molar-refractivity contribution in [3.05, 3.63) is 65.7 Å². The fourth-order valence-corrected chi connectivity index (χ4v) is 4.26. The normalized spacial score (nSPS) is 24.8. The van der Waals surface area contributed by atoms with Gasteiger partial charge in [0.1, 0.15) is 29.9 Å². The molecule has 2 heterocycles. The van der Waals surface area contributed by atoms with Crippen molar-refractivity contribution in [2.45, 2.75) is 30.8 Å². The van der Waals surface area contributed by atoms with Crippen LogP contribution in [0.3, 0.4) is 0 Å². The molecular weight excluding hydrogens is 448 g/mol. The van der Waals surface area contributed by atoms with Gasteiger partial charge >= 0.3 is 0 Å². The number of halogens is 2. The van der Waals surface area contributed by atoms with Crippen LogP contribution >= 0.6 is 0 Å². The number of rotatable bonds is 6. The summed E-state index contributed by atoms with van der Waals surface area (Å²) in [5.41, 5.74) is 1.01. The molecule has 2 aliphatic rings. The summed E-state index contributed by atoms with van der Waals surface area (Å²) in [6.45, 7) is 2.00. The summed E-state index contributed by atoms with van der Waals surface area (Å²) < 4.78 is 32.1. The lowest BCUT2D eigenvalue weighted by molar-refractivity contribution is -0.135. The number of benzene rings is 2. The highest BCUT2D eigenvalue weighted by molar-refractivity contribution is 5.94. The van der Waals surface area contributed by atoms with Gasteiger partial charge < -0.3 is 30.1 Å². The molecule has 0 bridgehead atoms. The summed E-state index contributed by atoms with van der Waals surface area (Å²) in [7, 11) is 0. The number of carbonyl (C=O) groups is 2. The number of nitrogens with one attached hydrogen (secondary N) is 1. The van der Waals surface area contributed by atoms with Crippen LogP contribution in [0.2, 0.25) is 0 Å². The van der Waals surface area contributed by atoms with E-state index in [4.69, 9.17) is 4.74 Å². The third-order valence-electron chi connectivity index (χ3n) is 6.21. The van der Waals surface area contributed by atoms with Gasteiger partial charge in [0, 0.05) is 44.0 Å². The molecule has 4 rings (SSSR count). The van der Waals surface area contributed by atoms with Gasteiger partial charge in [-0.3, -0.25) is 9.59 Å². The second kappa shape index (κ2) is 10.5. The van der Waals surface area contributed by atoms with Gasteiger partial charge in [0.2, 0.25) is 5.91 Å². The van der Waals surface area contributed by atoms with Crippen molar-refractivity contribution in [2.75, 3.05) is 37.6 Å². The van der Waals surface area contributed by atoms with Gasteiger partial charge in [-0.1, -0.05) is 6.07 Å². The monoisotopic (exact) mass is 475 g/mol. The second-order valence-electron chi connectivity index (χ2n) is 8.46. The van der Waals surface area contributed by atoms with Crippen molar-refractivity contribution in [3.63, 3.8) is 0 Å². The molecule has 34 heavy (non-hydrogen) atoms. The van der Waals surface area contributed by atoms with Crippen molar-refractivity contribution in [1.29, 1.82) is 0 Å². The Morgan fingerprint density at radius 1 is 0.941 bits per heavy atom. The molecule has 0 aromatic heterocycles. The standard InChI is InChI=1S/C24H27F2N3O5/c25-16-4-6-18(7-5-16)28-8-10-29(11-9-28)21(30)13-19-22(31)23(32)20(34-19)14-27-24(33)15-2-1-3-17(26)12-15/h1-7,12,19-20,22-23,31-32H,8-11,13-14H2,(H,27,33). The quantitative estimate of drug-likeness (QED) is 0.575. The average Bonchev–Trinajstić information content (AvgIpc) is 3.11. The summed E-state index contributed by atoms with van der Waals surface area (Å²) in [5, 5.41) is 23.2. The van der Waals surface area contributed by atoms with E-state index < -0.39 is 36.1 Å². The third-order valence-corrected chi connectivity index (χ3v) is 6.21. The van der Waals surface area contributed by atoms with Gasteiger partial charge in [-0.05, 0) is 42.5 Å². The zero-order valence-corrected chi connectivity index (χ0v) is 18.4. The first kappa shape index (κ1) is 24.1. The van der Waals surface area contributed by atoms with E-state index in [1.165, 1.54) is 30.3 Å². The number of hydrogen-bond donors (Lipinski definition) is 3. The number of anilines is 1. The average molecular weight is 475 g/mol. The van der Waals surface area contributed by atoms with Crippen molar-refractivity contribution >= 4 is 17.5 Å². The van der Waals surface area contributed by atoms with E-state index >= 15 is 0 Å². The largest absolute Gasteiger partial charge is 0.388 e. The number of amides is 2. The third kappa shape index (κ3) is 5.52. The van der Waals surface area contributed by atoms with Crippen LogP contribution in [0.5, 0.6) is 0 Å². The van der Waals surface area contributed by atoms with Crippen LogP contribution in [0.15, 0.2) is 48.5 Å². The zero-order valence-electron chi connectivity index (χ0n) is 18.4. The Balaban J connectivity index is 1.25. The first-order chi connectivity index (χ1) is 16.3. The molecule has 0 aliphatic carbocycles. The van der Waals surface area contributed by atoms with Gasteiger partial charge in [0.25, 0.3) is 5.91 Å². The van der Waals surface area contributed by atoms with Gasteiger partial charge in [0.15, 0.2) is 0 Å². The fraction of sp³-hybridized carbons (Fsp3) is 0.417. The molecule has 10 heteroatoms. The Kier molecular flexibility index (Phi) is 7.40. The maximum Gasteiger partial charge on any atom is 0.251 e. The number of aliphatic hydroxyl groups excluding tert-OH is 2. The van der Waals surface area contributed by atoms with Gasteiger partial charge in [0.05, 0.1) is 12.5 Å². The molecule has 2 saturated heterocycles. The van der Waals surface area contributed by atoms with Crippen LogP contribution in [-0.4, -0.2) is 84.1 Å². The molecule has 8 nitrogen and oxygen atoms in total. The molecule has 0 spiro atoms. The van der Waals surface area contributed by atoms with Crippen molar-refractivity contribution in [1.82, 2.24) is 10.2 Å². The maximum atomic E-state index is 13.3. The Morgan fingerprint density at radius 2 is 1.62 bits per heavy atom. The lowest BCUT2D eigenvalue weighted by atomic mass is 10.0. The van der Waals surface area contributed by atoms with E-state index in [-0.39, 0.29) is 30.3 Å². The molecule has 2 aromatic rings. The lowest BCUT2D eigenvalue weighted by Crippen LogP contribution is -2.49. The van der Waals surface area contributed by atoms with E-state index in [0.717, 1.165) is 11.8 Å². The summed E-state index contributed by atoms with van der Waals surface area (Å²) in [5.74, 6) is -1.60. The molecule has 0 saturated carbocycles. The molecule has 0 radical (unpaired) electrons. The van der Waals surface area contributed by atoms with Crippen LogP contribution < -0.4 is 10.2 Å². The summed E-state index contributed by atoms with van der Waals surface area (Å²) in [6, 6.07) is 11.4. The summed E-state index contributed by atoms with van der Waals surface area (Å²) in [4.78, 5) is 28.7. The first-order valence-corrected chi connectivity index (χ1v) is 11.2. The molecule has 4 atom stereocenters. The predicted molar refractivity (Wildman–Crippen MR) is 119 cm³/mol. The Labute approximate surface area is 195 Å². The van der Waals surface area contributed by atoms with Crippen molar-refractivity contribution in [2.24, 2.45) is 0 Å². The molecule has 2 fully saturated rings. The number of piperazine rings is 1. The van der Waals surface area contributed by atoms with Crippen LogP contribution in [0.25, 0.3) is 0 Å². The fourth-order valence-electron chi connectivity index (χ4n) is 4.26. The van der Waals surface area contributed by atoms with E-state index in [1.54, 1.807) is 17.0 Å². The topological polar surface area (TPSA) is 102 Å². The van der Waals surface area contributed by atoms with Gasteiger partial charge in [-0.2, -0.15) is 0 Å². The van der Waals surface area contributed by atoms with Crippen LogP contribution in [0, 0.1) is 11.6 Å². The maximum absolute atomic E-state index is 13.3. The molecule has 4 unspecified atom stereocenters. The van der Waals surface area contributed by atoms with Gasteiger partial charge in [-0.15, -0.1) is 0 Å². The molecule has 2 aromatic carbocycles. The summed E-state index contributed by atoms with van der Waals surface area (Å²) >= 11 is 0. The number of ether oxygens (including phenoxy) is 1.